The normalized spacial score (nSPS) is 24.9. The van der Waals surface area contributed by atoms with E-state index in [1.165, 1.54) is 32.1 Å². The summed E-state index contributed by atoms with van der Waals surface area (Å²) in [5.74, 6) is 0.000650. The van der Waals surface area contributed by atoms with Crippen LogP contribution in [-0.4, -0.2) is 12.1 Å². The summed E-state index contributed by atoms with van der Waals surface area (Å²) in [6.07, 6.45) is 16.7. The molecule has 1 aliphatic rings. The van der Waals surface area contributed by atoms with Crippen molar-refractivity contribution in [2.45, 2.75) is 83.7 Å². The Kier molecular flexibility index (Phi) is 8.62. The first-order chi connectivity index (χ1) is 8.83. The van der Waals surface area contributed by atoms with Crippen LogP contribution in [0.2, 0.25) is 0 Å². The fourth-order valence-corrected chi connectivity index (χ4v) is 2.35. The second-order valence-electron chi connectivity index (χ2n) is 5.23. The fraction of sp³-hybridized carbons (Fsp3) is 0.812. The molecule has 0 bridgehead atoms. The zero-order chi connectivity index (χ0) is 13.1. The van der Waals surface area contributed by atoms with E-state index in [0.717, 1.165) is 32.1 Å². The number of cyclic esters (lactones) is 1. The highest BCUT2D eigenvalue weighted by Gasteiger charge is 2.11. The topological polar surface area (TPSA) is 26.3 Å². The first kappa shape index (κ1) is 15.3. The highest BCUT2D eigenvalue weighted by Crippen LogP contribution is 2.14. The van der Waals surface area contributed by atoms with E-state index in [0.29, 0.717) is 6.42 Å². The van der Waals surface area contributed by atoms with Crippen LogP contribution in [0, 0.1) is 0 Å². The van der Waals surface area contributed by atoms with Gasteiger partial charge in [-0.25, -0.2) is 0 Å². The van der Waals surface area contributed by atoms with Crippen molar-refractivity contribution in [1.29, 1.82) is 0 Å². The van der Waals surface area contributed by atoms with E-state index in [2.05, 4.69) is 19.1 Å². The summed E-state index contributed by atoms with van der Waals surface area (Å²) in [4.78, 5) is 11.6. The van der Waals surface area contributed by atoms with Gasteiger partial charge < -0.3 is 4.74 Å². The zero-order valence-electron chi connectivity index (χ0n) is 11.8. The van der Waals surface area contributed by atoms with Crippen molar-refractivity contribution in [3.63, 3.8) is 0 Å². The molecule has 0 amide bonds. The first-order valence-electron chi connectivity index (χ1n) is 7.67. The predicted molar refractivity (Wildman–Crippen MR) is 75.5 cm³/mol. The number of esters is 1. The van der Waals surface area contributed by atoms with Gasteiger partial charge in [-0.15, -0.1) is 0 Å². The molecule has 1 atom stereocenters. The van der Waals surface area contributed by atoms with Crippen LogP contribution >= 0.6 is 0 Å². The first-order valence-corrected chi connectivity index (χ1v) is 7.67. The largest absolute Gasteiger partial charge is 0.462 e. The molecule has 0 saturated carbocycles. The maximum absolute atomic E-state index is 11.6. The van der Waals surface area contributed by atoms with Crippen LogP contribution in [0.4, 0.5) is 0 Å². The lowest BCUT2D eigenvalue weighted by molar-refractivity contribution is -0.149. The second kappa shape index (κ2) is 10.2. The summed E-state index contributed by atoms with van der Waals surface area (Å²) in [5, 5.41) is 0. The molecule has 0 spiro atoms. The molecule has 0 aromatic rings. The average Bonchev–Trinajstić information content (AvgIpc) is 2.38. The van der Waals surface area contributed by atoms with Crippen molar-refractivity contribution in [2.24, 2.45) is 0 Å². The number of allylic oxidation sites excluding steroid dienone is 2. The Balaban J connectivity index is 2.35. The van der Waals surface area contributed by atoms with Gasteiger partial charge in [0.05, 0.1) is 0 Å². The van der Waals surface area contributed by atoms with Crippen LogP contribution in [-0.2, 0) is 9.53 Å². The Morgan fingerprint density at radius 1 is 1.06 bits per heavy atom. The Morgan fingerprint density at radius 3 is 2.44 bits per heavy atom. The smallest absolute Gasteiger partial charge is 0.306 e. The maximum Gasteiger partial charge on any atom is 0.306 e. The number of rotatable bonds is 1. The van der Waals surface area contributed by atoms with Crippen LogP contribution in [0.3, 0.4) is 0 Å². The van der Waals surface area contributed by atoms with Gasteiger partial charge in [0.25, 0.3) is 0 Å². The van der Waals surface area contributed by atoms with Gasteiger partial charge >= 0.3 is 5.97 Å². The SMILES string of the molecule is CCC1CCCCCCC=CCCCCC(=O)O1. The molecule has 2 nitrogen and oxygen atoms in total. The Labute approximate surface area is 112 Å². The molecule has 1 aliphatic heterocycles. The predicted octanol–water partition coefficient (Wildman–Crippen LogP) is 4.78. The van der Waals surface area contributed by atoms with Gasteiger partial charge in [-0.1, -0.05) is 31.9 Å². The monoisotopic (exact) mass is 252 g/mol. The Morgan fingerprint density at radius 2 is 1.72 bits per heavy atom. The second-order valence-corrected chi connectivity index (χ2v) is 5.23. The van der Waals surface area contributed by atoms with Gasteiger partial charge in [-0.05, 0) is 51.4 Å². The average molecular weight is 252 g/mol. The van der Waals surface area contributed by atoms with Gasteiger partial charge in [0, 0.05) is 6.42 Å². The van der Waals surface area contributed by atoms with Crippen LogP contribution in [0.25, 0.3) is 0 Å². The van der Waals surface area contributed by atoms with Crippen LogP contribution in [0.1, 0.15) is 77.6 Å². The van der Waals surface area contributed by atoms with Crippen molar-refractivity contribution in [3.05, 3.63) is 12.2 Å². The Bertz CT molecular complexity index is 245. The molecule has 0 fully saturated rings. The Hall–Kier alpha value is -0.790. The quantitative estimate of drug-likeness (QED) is 0.496. The van der Waals surface area contributed by atoms with E-state index in [4.69, 9.17) is 4.74 Å². The third kappa shape index (κ3) is 7.52. The molecule has 18 heavy (non-hydrogen) atoms. The van der Waals surface area contributed by atoms with Crippen molar-refractivity contribution in [3.8, 4) is 0 Å². The minimum Gasteiger partial charge on any atom is -0.462 e. The number of hydrogen-bond acceptors (Lipinski definition) is 2. The summed E-state index contributed by atoms with van der Waals surface area (Å²) in [7, 11) is 0. The third-order valence-electron chi connectivity index (χ3n) is 3.57. The minimum atomic E-state index is 0.000650. The number of carbonyl (C=O) groups is 1. The molecular weight excluding hydrogens is 224 g/mol. The van der Waals surface area contributed by atoms with E-state index in [1.807, 2.05) is 0 Å². The molecular formula is C16H28O2. The molecule has 104 valence electrons. The van der Waals surface area contributed by atoms with Crippen molar-refractivity contribution < 1.29 is 9.53 Å². The van der Waals surface area contributed by atoms with Gasteiger partial charge in [-0.3, -0.25) is 4.79 Å². The van der Waals surface area contributed by atoms with Crippen LogP contribution in [0.5, 0.6) is 0 Å². The van der Waals surface area contributed by atoms with Crippen LogP contribution < -0.4 is 0 Å². The highest BCUT2D eigenvalue weighted by molar-refractivity contribution is 5.69. The van der Waals surface area contributed by atoms with E-state index in [1.54, 1.807) is 0 Å². The molecule has 0 aromatic heterocycles. The summed E-state index contributed by atoms with van der Waals surface area (Å²) in [6.45, 7) is 2.11. The third-order valence-corrected chi connectivity index (χ3v) is 3.57. The molecule has 1 rings (SSSR count). The van der Waals surface area contributed by atoms with Crippen molar-refractivity contribution in [1.82, 2.24) is 0 Å². The highest BCUT2D eigenvalue weighted by atomic mass is 16.5. The summed E-state index contributed by atoms with van der Waals surface area (Å²) in [6, 6.07) is 0. The number of carbonyl (C=O) groups excluding carboxylic acids is 1. The van der Waals surface area contributed by atoms with Crippen molar-refractivity contribution >= 4 is 5.97 Å². The van der Waals surface area contributed by atoms with E-state index in [-0.39, 0.29) is 12.1 Å². The summed E-state index contributed by atoms with van der Waals surface area (Å²) < 4.78 is 5.52. The molecule has 0 radical (unpaired) electrons. The van der Waals surface area contributed by atoms with E-state index < -0.39 is 0 Å². The van der Waals surface area contributed by atoms with E-state index >= 15 is 0 Å². The lowest BCUT2D eigenvalue weighted by Gasteiger charge is -2.16. The minimum absolute atomic E-state index is 0.000650. The number of ether oxygens (including phenoxy) is 1. The van der Waals surface area contributed by atoms with Gasteiger partial charge in [0.15, 0.2) is 0 Å². The van der Waals surface area contributed by atoms with Gasteiger partial charge in [0.1, 0.15) is 6.10 Å². The van der Waals surface area contributed by atoms with Gasteiger partial charge in [-0.2, -0.15) is 0 Å². The molecule has 1 unspecified atom stereocenters. The number of hydrogen-bond donors (Lipinski definition) is 0. The fourth-order valence-electron chi connectivity index (χ4n) is 2.35. The molecule has 0 N–H and O–H groups in total. The lowest BCUT2D eigenvalue weighted by Crippen LogP contribution is -2.17. The standard InChI is InChI=1S/C16H28O2/c1-2-15-13-11-9-7-5-3-4-6-8-10-12-14-16(17)18-15/h4,6,15H,2-3,5,7-14H2,1H3. The lowest BCUT2D eigenvalue weighted by atomic mass is 10.1. The van der Waals surface area contributed by atoms with Crippen molar-refractivity contribution in [2.75, 3.05) is 0 Å². The molecule has 0 saturated heterocycles. The summed E-state index contributed by atoms with van der Waals surface area (Å²) >= 11 is 0. The van der Waals surface area contributed by atoms with Gasteiger partial charge in [0.2, 0.25) is 0 Å². The molecule has 2 heteroatoms. The van der Waals surface area contributed by atoms with E-state index in [9.17, 15) is 4.79 Å². The molecule has 1 heterocycles. The molecule has 0 aliphatic carbocycles. The zero-order valence-corrected chi connectivity index (χ0v) is 11.8. The molecule has 0 aromatic carbocycles. The van der Waals surface area contributed by atoms with Crippen LogP contribution in [0.15, 0.2) is 12.2 Å². The maximum atomic E-state index is 11.6. The summed E-state index contributed by atoms with van der Waals surface area (Å²) in [5.41, 5.74) is 0.